The molecule has 0 saturated heterocycles. The number of nitrogens with one attached hydrogen (secondary N) is 4. The van der Waals surface area contributed by atoms with Gasteiger partial charge in [0, 0.05) is 19.3 Å². The van der Waals surface area contributed by atoms with Gasteiger partial charge >= 0.3 is 0 Å². The van der Waals surface area contributed by atoms with E-state index in [0.29, 0.717) is 23.3 Å². The number of methoxy groups -OCH3 is 1. The van der Waals surface area contributed by atoms with Crippen LogP contribution in [0.3, 0.4) is 0 Å². The lowest BCUT2D eigenvalue weighted by Crippen LogP contribution is -2.35. The Labute approximate surface area is 175 Å². The second-order valence-electron chi connectivity index (χ2n) is 6.78. The highest BCUT2D eigenvalue weighted by Crippen LogP contribution is 2.26. The van der Waals surface area contributed by atoms with Crippen molar-refractivity contribution in [1.82, 2.24) is 16.0 Å². The number of allylic oxidation sites excluding steroid dienone is 4. The summed E-state index contributed by atoms with van der Waals surface area (Å²) in [7, 11) is 3.14. The summed E-state index contributed by atoms with van der Waals surface area (Å²) in [6.45, 7) is 0. The normalized spacial score (nSPS) is 24.0. The lowest BCUT2D eigenvalue weighted by molar-refractivity contribution is -0.114. The highest BCUT2D eigenvalue weighted by molar-refractivity contribution is 6.12. The second-order valence-corrected chi connectivity index (χ2v) is 6.78. The molecule has 2 rings (SSSR count). The fourth-order valence-electron chi connectivity index (χ4n) is 3.04. The largest absolute Gasteiger partial charge is 0.481 e. The number of nitrogens with two attached hydrogens (primary N) is 2. The highest BCUT2D eigenvalue weighted by atomic mass is 16.5. The van der Waals surface area contributed by atoms with E-state index in [9.17, 15) is 9.90 Å². The number of rotatable bonds is 8. The van der Waals surface area contributed by atoms with Gasteiger partial charge in [0.1, 0.15) is 23.2 Å². The Morgan fingerprint density at radius 1 is 1.40 bits per heavy atom. The molecule has 162 valence electrons. The average molecular weight is 415 g/mol. The Morgan fingerprint density at radius 2 is 2.17 bits per heavy atom. The molecule has 1 amide bonds. The fraction of sp³-hybridized carbons (Fsp3) is 0.350. The molecule has 2 aliphatic rings. The molecule has 2 atom stereocenters. The number of carbonyl (C=O) groups is 1. The molecule has 1 aliphatic carbocycles. The van der Waals surface area contributed by atoms with Gasteiger partial charge in [-0.15, -0.1) is 0 Å². The Bertz CT molecular complexity index is 852. The van der Waals surface area contributed by atoms with Gasteiger partial charge in [-0.25, -0.2) is 4.99 Å². The summed E-state index contributed by atoms with van der Waals surface area (Å²) in [4.78, 5) is 15.9. The van der Waals surface area contributed by atoms with Crippen molar-refractivity contribution in [3.8, 4) is 0 Å². The minimum Gasteiger partial charge on any atom is -0.481 e. The molecule has 1 saturated carbocycles. The summed E-state index contributed by atoms with van der Waals surface area (Å²) in [6, 6.07) is 0. The predicted octanol–water partition coefficient (Wildman–Crippen LogP) is 0.0326. The molecule has 9 N–H and O–H groups in total. The molecule has 1 aliphatic heterocycles. The Hall–Kier alpha value is -3.53. The highest BCUT2D eigenvalue weighted by Gasteiger charge is 2.20. The molecule has 10 heteroatoms. The van der Waals surface area contributed by atoms with Gasteiger partial charge in [-0.3, -0.25) is 4.79 Å². The maximum Gasteiger partial charge on any atom is 0.254 e. The van der Waals surface area contributed by atoms with Crippen molar-refractivity contribution < 1.29 is 14.6 Å². The van der Waals surface area contributed by atoms with Crippen molar-refractivity contribution in [2.75, 3.05) is 14.2 Å². The molecule has 1 unspecified atom stereocenters. The number of ether oxygens (including phenoxy) is 1. The van der Waals surface area contributed by atoms with Crippen LogP contribution in [0.5, 0.6) is 0 Å². The minimum atomic E-state index is -0.776. The topological polar surface area (TPSA) is 171 Å². The van der Waals surface area contributed by atoms with E-state index in [4.69, 9.17) is 21.6 Å². The van der Waals surface area contributed by atoms with Crippen molar-refractivity contribution in [1.29, 1.82) is 5.41 Å². The first-order valence-electron chi connectivity index (χ1n) is 9.51. The number of hydrogen-bond donors (Lipinski definition) is 7. The van der Waals surface area contributed by atoms with Gasteiger partial charge in [0.25, 0.3) is 5.91 Å². The lowest BCUT2D eigenvalue weighted by atomic mass is 10.1. The van der Waals surface area contributed by atoms with Gasteiger partial charge in [0.05, 0.1) is 18.8 Å². The van der Waals surface area contributed by atoms with E-state index in [2.05, 4.69) is 27.0 Å². The van der Waals surface area contributed by atoms with Crippen LogP contribution in [0.15, 0.2) is 64.2 Å². The zero-order chi connectivity index (χ0) is 22.1. The summed E-state index contributed by atoms with van der Waals surface area (Å²) in [5.74, 6) is 0.761. The number of hydrogen-bond acceptors (Lipinski definition) is 9. The van der Waals surface area contributed by atoms with E-state index in [-0.39, 0.29) is 23.4 Å². The van der Waals surface area contributed by atoms with Gasteiger partial charge in [-0.2, -0.15) is 0 Å². The Balaban J connectivity index is 2.24. The maximum absolute atomic E-state index is 11.6. The monoisotopic (exact) mass is 415 g/mol. The fourth-order valence-corrected chi connectivity index (χ4v) is 3.04. The van der Waals surface area contributed by atoms with Gasteiger partial charge in [-0.05, 0) is 31.3 Å². The standard InChI is InChI=1S/C20H29N7O3/c1-24-16-10-17(27-20(26-16)14(11-21)18(22)29)25-15(19(23)30-2)6-4-3-5-12-7-8-13(28)9-12/h3-6,10-13,21,24,26,28H,7-9,23H2,1-2H3,(H2,22,29)(H,25,27)/b5-3+,6-4-,19-15-,20-14-,21-11?/t12?,13-/m0/s1. The SMILES string of the molecule is CNC1=CC(NC(/C=C\C=C\C2CC[C@H](O)C2)=C(/N)OC)=N/C(=C(/C=N)C(N)=O)N1. The molecule has 1 fully saturated rings. The van der Waals surface area contributed by atoms with Crippen LogP contribution in [0.25, 0.3) is 0 Å². The van der Waals surface area contributed by atoms with Gasteiger partial charge in [0.2, 0.25) is 5.88 Å². The molecule has 0 bridgehead atoms. The third kappa shape index (κ3) is 6.24. The van der Waals surface area contributed by atoms with Gasteiger partial charge in [-0.1, -0.05) is 18.2 Å². The number of aliphatic imine (C=N–C) groups is 1. The number of primary amides is 1. The molecule has 30 heavy (non-hydrogen) atoms. The summed E-state index contributed by atoms with van der Waals surface area (Å²) in [5.41, 5.74) is 11.7. The van der Waals surface area contributed by atoms with E-state index >= 15 is 0 Å². The van der Waals surface area contributed by atoms with Gasteiger partial charge < -0.3 is 42.7 Å². The molecule has 0 aromatic rings. The van der Waals surface area contributed by atoms with Crippen LogP contribution in [0, 0.1) is 11.3 Å². The molecular formula is C20H29N7O3. The predicted molar refractivity (Wildman–Crippen MR) is 116 cm³/mol. The molecule has 0 spiro atoms. The van der Waals surface area contributed by atoms with Crippen molar-refractivity contribution in [2.24, 2.45) is 22.4 Å². The summed E-state index contributed by atoms with van der Waals surface area (Å²) < 4.78 is 5.14. The smallest absolute Gasteiger partial charge is 0.254 e. The van der Waals surface area contributed by atoms with Crippen LogP contribution < -0.4 is 27.4 Å². The summed E-state index contributed by atoms with van der Waals surface area (Å²) in [5, 5.41) is 25.9. The van der Waals surface area contributed by atoms with E-state index in [1.165, 1.54) is 7.11 Å². The van der Waals surface area contributed by atoms with Crippen LogP contribution in [0.1, 0.15) is 19.3 Å². The zero-order valence-corrected chi connectivity index (χ0v) is 17.1. The molecule has 0 radical (unpaired) electrons. The van der Waals surface area contributed by atoms with E-state index in [1.807, 2.05) is 12.2 Å². The number of nitrogens with zero attached hydrogens (tertiary/aromatic N) is 1. The molecule has 0 aromatic carbocycles. The Kier molecular flexibility index (Phi) is 8.24. The first kappa shape index (κ1) is 22.8. The lowest BCUT2D eigenvalue weighted by Gasteiger charge is -2.20. The van der Waals surface area contributed by atoms with E-state index in [0.717, 1.165) is 25.5 Å². The van der Waals surface area contributed by atoms with Crippen molar-refractivity contribution in [3.05, 3.63) is 59.2 Å². The van der Waals surface area contributed by atoms with Gasteiger partial charge in [0.15, 0.2) is 0 Å². The number of aliphatic hydroxyl groups excluding tert-OH is 1. The number of aliphatic hydroxyl groups is 1. The molecular weight excluding hydrogens is 386 g/mol. The number of amides is 1. The number of carbonyl (C=O) groups excluding carboxylic acids is 1. The van der Waals surface area contributed by atoms with Crippen molar-refractivity contribution in [2.45, 2.75) is 25.4 Å². The molecule has 0 aromatic heterocycles. The van der Waals surface area contributed by atoms with E-state index in [1.54, 1.807) is 19.2 Å². The first-order chi connectivity index (χ1) is 14.4. The van der Waals surface area contributed by atoms with Crippen molar-refractivity contribution in [3.63, 3.8) is 0 Å². The van der Waals surface area contributed by atoms with Crippen LogP contribution in [0.2, 0.25) is 0 Å². The van der Waals surface area contributed by atoms with Crippen LogP contribution in [0.4, 0.5) is 0 Å². The average Bonchev–Trinajstić information content (AvgIpc) is 3.14. The maximum atomic E-state index is 11.6. The van der Waals surface area contributed by atoms with E-state index < -0.39 is 5.91 Å². The van der Waals surface area contributed by atoms with Crippen LogP contribution in [-0.2, 0) is 9.53 Å². The van der Waals surface area contributed by atoms with Crippen LogP contribution >= 0.6 is 0 Å². The number of amidine groups is 1. The summed E-state index contributed by atoms with van der Waals surface area (Å²) >= 11 is 0. The third-order valence-corrected chi connectivity index (χ3v) is 4.65. The first-order valence-corrected chi connectivity index (χ1v) is 9.51. The molecule has 10 nitrogen and oxygen atoms in total. The van der Waals surface area contributed by atoms with Crippen LogP contribution in [-0.4, -0.2) is 43.3 Å². The minimum absolute atomic E-state index is 0.0716. The second kappa shape index (κ2) is 10.9. The van der Waals surface area contributed by atoms with Crippen molar-refractivity contribution >= 4 is 18.0 Å². The third-order valence-electron chi connectivity index (χ3n) is 4.65. The molecule has 1 heterocycles. The Morgan fingerprint density at radius 3 is 2.73 bits per heavy atom. The summed E-state index contributed by atoms with van der Waals surface area (Å²) in [6.07, 6.45) is 12.4. The zero-order valence-electron chi connectivity index (χ0n) is 17.1. The quantitative estimate of drug-likeness (QED) is 0.127.